The summed E-state index contributed by atoms with van der Waals surface area (Å²) in [6.45, 7) is 0.566. The smallest absolute Gasteiger partial charge is 0.247 e. The number of amides is 2. The van der Waals surface area contributed by atoms with Crippen LogP contribution < -0.4 is 5.32 Å². The predicted molar refractivity (Wildman–Crippen MR) is 63.3 cm³/mol. The lowest BCUT2D eigenvalue weighted by Crippen LogP contribution is -2.39. The van der Waals surface area contributed by atoms with Crippen LogP contribution in [0, 0.1) is 0 Å². The zero-order valence-corrected chi connectivity index (χ0v) is 10.3. The van der Waals surface area contributed by atoms with Crippen molar-refractivity contribution in [3.63, 3.8) is 0 Å². The lowest BCUT2D eigenvalue weighted by molar-refractivity contribution is -0.139. The van der Waals surface area contributed by atoms with Gasteiger partial charge in [-0.05, 0) is 12.8 Å². The molecule has 96 valence electrons. The van der Waals surface area contributed by atoms with Crippen LogP contribution in [0.1, 0.15) is 24.8 Å². The molecule has 6 heteroatoms. The van der Waals surface area contributed by atoms with Crippen molar-refractivity contribution in [2.45, 2.75) is 37.9 Å². The molecule has 2 aliphatic rings. The Morgan fingerprint density at radius 2 is 2.22 bits per heavy atom. The fourth-order valence-electron chi connectivity index (χ4n) is 2.33. The zero-order valence-electron chi connectivity index (χ0n) is 10.3. The number of nitrogens with one attached hydrogen (secondary N) is 1. The number of aromatic nitrogens is 2. The van der Waals surface area contributed by atoms with Gasteiger partial charge in [0.1, 0.15) is 0 Å². The Hall–Kier alpha value is -1.69. The predicted octanol–water partition coefficient (Wildman–Crippen LogP) is -0.200. The van der Waals surface area contributed by atoms with E-state index in [9.17, 15) is 9.59 Å². The molecular formula is C12H16N4O2. The van der Waals surface area contributed by atoms with E-state index in [1.165, 1.54) is 4.90 Å². The van der Waals surface area contributed by atoms with Crippen molar-refractivity contribution >= 4 is 11.8 Å². The Morgan fingerprint density at radius 1 is 1.44 bits per heavy atom. The third kappa shape index (κ3) is 2.03. The van der Waals surface area contributed by atoms with Gasteiger partial charge in [-0.3, -0.25) is 19.2 Å². The number of carbonyl (C=O) groups is 2. The number of aryl methyl sites for hydroxylation is 1. The number of rotatable bonds is 4. The van der Waals surface area contributed by atoms with Crippen LogP contribution in [0.3, 0.4) is 0 Å². The molecule has 3 rings (SSSR count). The Bertz CT molecular complexity index is 492. The molecule has 1 saturated carbocycles. The van der Waals surface area contributed by atoms with Crippen LogP contribution in [0.4, 0.5) is 0 Å². The number of hydrogen-bond donors (Lipinski definition) is 1. The summed E-state index contributed by atoms with van der Waals surface area (Å²) in [7, 11) is 1.85. The number of imide groups is 1. The van der Waals surface area contributed by atoms with Gasteiger partial charge >= 0.3 is 0 Å². The molecule has 1 aromatic heterocycles. The molecular weight excluding hydrogens is 232 g/mol. The van der Waals surface area contributed by atoms with Crippen LogP contribution in [0.25, 0.3) is 0 Å². The van der Waals surface area contributed by atoms with Gasteiger partial charge in [0, 0.05) is 31.4 Å². The Balaban J connectivity index is 1.60. The molecule has 2 heterocycles. The Labute approximate surface area is 105 Å². The van der Waals surface area contributed by atoms with Gasteiger partial charge in [0.05, 0.1) is 18.7 Å². The van der Waals surface area contributed by atoms with Gasteiger partial charge in [-0.25, -0.2) is 0 Å². The quantitative estimate of drug-likeness (QED) is 0.749. The van der Waals surface area contributed by atoms with Crippen molar-refractivity contribution in [1.29, 1.82) is 0 Å². The molecule has 1 unspecified atom stereocenters. The Morgan fingerprint density at radius 3 is 2.83 bits per heavy atom. The van der Waals surface area contributed by atoms with E-state index in [-0.39, 0.29) is 30.3 Å². The van der Waals surface area contributed by atoms with Crippen LogP contribution in [-0.2, 0) is 23.2 Å². The van der Waals surface area contributed by atoms with E-state index in [1.807, 2.05) is 13.2 Å². The molecule has 1 aliphatic heterocycles. The first-order chi connectivity index (χ1) is 8.65. The molecule has 2 amide bonds. The normalized spacial score (nSPS) is 24.1. The minimum Gasteiger partial charge on any atom is -0.301 e. The van der Waals surface area contributed by atoms with Crippen LogP contribution in [-0.4, -0.2) is 38.6 Å². The Kier molecular flexibility index (Phi) is 2.66. The highest BCUT2D eigenvalue weighted by Crippen LogP contribution is 2.31. The van der Waals surface area contributed by atoms with Crippen molar-refractivity contribution in [1.82, 2.24) is 20.0 Å². The second-order valence-corrected chi connectivity index (χ2v) is 4.99. The van der Waals surface area contributed by atoms with Crippen molar-refractivity contribution in [2.24, 2.45) is 7.05 Å². The number of likely N-dealkylation sites (tertiary alicyclic amines) is 1. The molecule has 1 atom stereocenters. The molecule has 0 radical (unpaired) electrons. The minimum absolute atomic E-state index is 0.0359. The maximum Gasteiger partial charge on any atom is 0.247 e. The van der Waals surface area contributed by atoms with Gasteiger partial charge in [-0.1, -0.05) is 0 Å². The topological polar surface area (TPSA) is 67.2 Å². The van der Waals surface area contributed by atoms with Gasteiger partial charge in [0.25, 0.3) is 0 Å². The van der Waals surface area contributed by atoms with E-state index < -0.39 is 0 Å². The monoisotopic (exact) mass is 248 g/mol. The standard InChI is InChI=1S/C12H16N4O2/c1-15-7-8(6-14-15)5-13-10-4-11(17)16(12(10)18)9-2-3-9/h6-7,9-10,13H,2-5H2,1H3. The van der Waals surface area contributed by atoms with Crippen LogP contribution in [0.15, 0.2) is 12.4 Å². The second kappa shape index (κ2) is 4.20. The lowest BCUT2D eigenvalue weighted by atomic mass is 10.2. The molecule has 0 aromatic carbocycles. The highest BCUT2D eigenvalue weighted by atomic mass is 16.2. The fraction of sp³-hybridized carbons (Fsp3) is 0.583. The fourth-order valence-corrected chi connectivity index (χ4v) is 2.33. The molecule has 1 aromatic rings. The molecule has 0 spiro atoms. The number of hydrogen-bond acceptors (Lipinski definition) is 4. The average molecular weight is 248 g/mol. The van der Waals surface area contributed by atoms with E-state index >= 15 is 0 Å². The van der Waals surface area contributed by atoms with Crippen molar-refractivity contribution in [2.75, 3.05) is 0 Å². The maximum absolute atomic E-state index is 12.0. The average Bonchev–Trinajstić information content (AvgIpc) is 3.00. The van der Waals surface area contributed by atoms with Crippen LogP contribution in [0.2, 0.25) is 0 Å². The van der Waals surface area contributed by atoms with Crippen molar-refractivity contribution < 1.29 is 9.59 Å². The summed E-state index contributed by atoms with van der Waals surface area (Å²) in [6, 6.07) is -0.187. The molecule has 6 nitrogen and oxygen atoms in total. The van der Waals surface area contributed by atoms with E-state index in [0.29, 0.717) is 6.54 Å². The van der Waals surface area contributed by atoms with Gasteiger partial charge in [-0.2, -0.15) is 5.10 Å². The highest BCUT2D eigenvalue weighted by Gasteiger charge is 2.45. The maximum atomic E-state index is 12.0. The first-order valence-electron chi connectivity index (χ1n) is 6.22. The van der Waals surface area contributed by atoms with Gasteiger partial charge in [0.15, 0.2) is 0 Å². The van der Waals surface area contributed by atoms with Gasteiger partial charge < -0.3 is 5.32 Å². The highest BCUT2D eigenvalue weighted by molar-refractivity contribution is 6.06. The molecule has 1 aliphatic carbocycles. The summed E-state index contributed by atoms with van der Waals surface area (Å²) < 4.78 is 1.72. The summed E-state index contributed by atoms with van der Waals surface area (Å²) in [4.78, 5) is 25.2. The van der Waals surface area contributed by atoms with Gasteiger partial charge in [0.2, 0.25) is 11.8 Å². The third-order valence-electron chi connectivity index (χ3n) is 3.41. The summed E-state index contributed by atoms with van der Waals surface area (Å²) in [5.41, 5.74) is 1.02. The van der Waals surface area contributed by atoms with Crippen LogP contribution >= 0.6 is 0 Å². The van der Waals surface area contributed by atoms with E-state index in [0.717, 1.165) is 18.4 Å². The molecule has 18 heavy (non-hydrogen) atoms. The largest absolute Gasteiger partial charge is 0.301 e. The first-order valence-corrected chi connectivity index (χ1v) is 6.22. The molecule has 1 saturated heterocycles. The summed E-state index contributed by atoms with van der Waals surface area (Å²) in [5.74, 6) is -0.0995. The van der Waals surface area contributed by atoms with Gasteiger partial charge in [-0.15, -0.1) is 0 Å². The van der Waals surface area contributed by atoms with Crippen LogP contribution in [0.5, 0.6) is 0 Å². The minimum atomic E-state index is -0.363. The first kappa shape index (κ1) is 11.4. The third-order valence-corrected chi connectivity index (χ3v) is 3.41. The number of carbonyl (C=O) groups excluding carboxylic acids is 2. The SMILES string of the molecule is Cn1cc(CNC2CC(=O)N(C3CC3)C2=O)cn1. The summed E-state index contributed by atoms with van der Waals surface area (Å²) in [5, 5.41) is 7.20. The lowest BCUT2D eigenvalue weighted by Gasteiger charge is -2.13. The van der Waals surface area contributed by atoms with E-state index in [2.05, 4.69) is 10.4 Å². The molecule has 2 fully saturated rings. The van der Waals surface area contributed by atoms with Crippen molar-refractivity contribution in [3.05, 3.63) is 18.0 Å². The van der Waals surface area contributed by atoms with Crippen molar-refractivity contribution in [3.8, 4) is 0 Å². The summed E-state index contributed by atoms with van der Waals surface area (Å²) in [6.07, 6.45) is 5.87. The molecule has 0 bridgehead atoms. The second-order valence-electron chi connectivity index (χ2n) is 4.99. The molecule has 1 N–H and O–H groups in total. The summed E-state index contributed by atoms with van der Waals surface area (Å²) >= 11 is 0. The van der Waals surface area contributed by atoms with E-state index in [1.54, 1.807) is 10.9 Å². The van der Waals surface area contributed by atoms with E-state index in [4.69, 9.17) is 0 Å². The number of nitrogens with zero attached hydrogens (tertiary/aromatic N) is 3. The zero-order chi connectivity index (χ0) is 12.7.